The predicted octanol–water partition coefficient (Wildman–Crippen LogP) is 2.20. The molecule has 114 valence electrons. The van der Waals surface area contributed by atoms with Gasteiger partial charge < -0.3 is 16.0 Å². The van der Waals surface area contributed by atoms with Gasteiger partial charge in [0.2, 0.25) is 5.91 Å². The summed E-state index contributed by atoms with van der Waals surface area (Å²) in [6.45, 7) is 4.15. The molecule has 0 aromatic heterocycles. The molecule has 1 aromatic carbocycles. The highest BCUT2D eigenvalue weighted by atomic mass is 16.1. The largest absolute Gasteiger partial charge is 0.371 e. The lowest BCUT2D eigenvalue weighted by molar-refractivity contribution is -0.124. The van der Waals surface area contributed by atoms with Crippen LogP contribution in [-0.2, 0) is 4.79 Å². The third kappa shape index (κ3) is 2.91. The Labute approximate surface area is 126 Å². The predicted molar refractivity (Wildman–Crippen MR) is 85.1 cm³/mol. The summed E-state index contributed by atoms with van der Waals surface area (Å²) in [4.78, 5) is 14.0. The van der Waals surface area contributed by atoms with Crippen LogP contribution in [0.4, 0.5) is 5.69 Å². The van der Waals surface area contributed by atoms with Crippen molar-refractivity contribution in [3.63, 3.8) is 0 Å². The number of amides is 1. The van der Waals surface area contributed by atoms with Gasteiger partial charge in [-0.1, -0.05) is 25.1 Å². The average Bonchev–Trinajstić information content (AvgIpc) is 2.53. The summed E-state index contributed by atoms with van der Waals surface area (Å²) in [6, 6.07) is 8.97. The van der Waals surface area contributed by atoms with Crippen LogP contribution in [-0.4, -0.2) is 25.0 Å². The Balaban J connectivity index is 1.78. The fraction of sp³-hybridized carbons (Fsp3) is 0.588. The van der Waals surface area contributed by atoms with Gasteiger partial charge in [0, 0.05) is 37.3 Å². The van der Waals surface area contributed by atoms with Crippen molar-refractivity contribution in [2.24, 2.45) is 11.7 Å². The van der Waals surface area contributed by atoms with Gasteiger partial charge in [-0.2, -0.15) is 0 Å². The first-order valence-electron chi connectivity index (χ1n) is 8.08. The molecule has 0 radical (unpaired) electrons. The van der Waals surface area contributed by atoms with E-state index < -0.39 is 0 Å². The Bertz CT molecular complexity index is 517. The molecule has 3 rings (SSSR count). The van der Waals surface area contributed by atoms with E-state index in [0.29, 0.717) is 18.4 Å². The van der Waals surface area contributed by atoms with E-state index >= 15 is 0 Å². The minimum atomic E-state index is 0.102. The van der Waals surface area contributed by atoms with Gasteiger partial charge in [-0.15, -0.1) is 0 Å². The van der Waals surface area contributed by atoms with Crippen molar-refractivity contribution in [1.29, 1.82) is 0 Å². The molecule has 2 heterocycles. The summed E-state index contributed by atoms with van der Waals surface area (Å²) in [5.41, 5.74) is 8.80. The lowest BCUT2D eigenvalue weighted by Gasteiger charge is -2.43. The van der Waals surface area contributed by atoms with Crippen molar-refractivity contribution in [3.05, 3.63) is 29.8 Å². The zero-order chi connectivity index (χ0) is 14.8. The molecule has 2 saturated heterocycles. The number of carbonyl (C=O) groups is 1. The van der Waals surface area contributed by atoms with Crippen LogP contribution in [0.2, 0.25) is 0 Å². The molecule has 0 spiro atoms. The molecule has 2 aliphatic heterocycles. The maximum atomic E-state index is 11.5. The standard InChI is InChI=1S/C17H25N3O/c1-2-14(18)13-5-3-4-6-16(13)20-10-9-15-12(11-20)7-8-17(21)19-15/h3-6,12,14-15H,2,7-11,18H2,1H3,(H,19,21). The van der Waals surface area contributed by atoms with Crippen LogP contribution >= 0.6 is 0 Å². The minimum absolute atomic E-state index is 0.102. The average molecular weight is 287 g/mol. The zero-order valence-electron chi connectivity index (χ0n) is 12.7. The number of rotatable bonds is 3. The van der Waals surface area contributed by atoms with E-state index in [1.807, 2.05) is 0 Å². The zero-order valence-corrected chi connectivity index (χ0v) is 12.7. The number of hydrogen-bond acceptors (Lipinski definition) is 3. The SMILES string of the molecule is CCC(N)c1ccccc1N1CCC2NC(=O)CCC2C1. The second kappa shape index (κ2) is 6.06. The van der Waals surface area contributed by atoms with E-state index in [1.165, 1.54) is 11.3 Å². The van der Waals surface area contributed by atoms with E-state index in [9.17, 15) is 4.79 Å². The van der Waals surface area contributed by atoms with E-state index in [4.69, 9.17) is 5.73 Å². The highest BCUT2D eigenvalue weighted by Gasteiger charge is 2.34. The fourth-order valence-electron chi connectivity index (χ4n) is 3.64. The highest BCUT2D eigenvalue weighted by Crippen LogP contribution is 2.32. The van der Waals surface area contributed by atoms with Crippen LogP contribution in [0.15, 0.2) is 24.3 Å². The molecule has 3 N–H and O–H groups in total. The van der Waals surface area contributed by atoms with Crippen molar-refractivity contribution in [1.82, 2.24) is 5.32 Å². The number of nitrogens with one attached hydrogen (secondary N) is 1. The molecule has 0 aliphatic carbocycles. The summed E-state index contributed by atoms with van der Waals surface area (Å²) in [6.07, 6.45) is 3.67. The highest BCUT2D eigenvalue weighted by molar-refractivity contribution is 5.77. The molecular weight excluding hydrogens is 262 g/mol. The number of carbonyl (C=O) groups excluding carboxylic acids is 1. The van der Waals surface area contributed by atoms with Crippen molar-refractivity contribution in [2.45, 2.75) is 44.7 Å². The number of nitrogens with two attached hydrogens (primary N) is 1. The molecule has 3 atom stereocenters. The molecule has 1 aromatic rings. The third-order valence-electron chi connectivity index (χ3n) is 4.94. The molecule has 2 aliphatic rings. The molecule has 4 heteroatoms. The molecule has 2 fully saturated rings. The van der Waals surface area contributed by atoms with Crippen molar-refractivity contribution < 1.29 is 4.79 Å². The molecule has 21 heavy (non-hydrogen) atoms. The van der Waals surface area contributed by atoms with Gasteiger partial charge in [-0.25, -0.2) is 0 Å². The maximum Gasteiger partial charge on any atom is 0.220 e. The van der Waals surface area contributed by atoms with Crippen LogP contribution < -0.4 is 16.0 Å². The van der Waals surface area contributed by atoms with E-state index in [0.717, 1.165) is 32.4 Å². The molecule has 0 bridgehead atoms. The van der Waals surface area contributed by atoms with Gasteiger partial charge >= 0.3 is 0 Å². The minimum Gasteiger partial charge on any atom is -0.371 e. The monoisotopic (exact) mass is 287 g/mol. The number of piperidine rings is 2. The summed E-state index contributed by atoms with van der Waals surface area (Å²) >= 11 is 0. The lowest BCUT2D eigenvalue weighted by atomic mass is 9.84. The summed E-state index contributed by atoms with van der Waals surface area (Å²) in [7, 11) is 0. The van der Waals surface area contributed by atoms with Crippen LogP contribution in [0.25, 0.3) is 0 Å². The number of nitrogens with zero attached hydrogens (tertiary/aromatic N) is 1. The number of anilines is 1. The van der Waals surface area contributed by atoms with Gasteiger partial charge in [0.15, 0.2) is 0 Å². The van der Waals surface area contributed by atoms with Crippen LogP contribution in [0.1, 0.15) is 44.2 Å². The van der Waals surface area contributed by atoms with Crippen LogP contribution in [0, 0.1) is 5.92 Å². The lowest BCUT2D eigenvalue weighted by Crippen LogP contribution is -2.54. The maximum absolute atomic E-state index is 11.5. The molecule has 0 saturated carbocycles. The second-order valence-corrected chi connectivity index (χ2v) is 6.28. The molecular formula is C17H25N3O. The van der Waals surface area contributed by atoms with Crippen molar-refractivity contribution >= 4 is 11.6 Å². The van der Waals surface area contributed by atoms with Crippen molar-refractivity contribution in [2.75, 3.05) is 18.0 Å². The van der Waals surface area contributed by atoms with Gasteiger partial charge in [0.1, 0.15) is 0 Å². The summed E-state index contributed by atoms with van der Waals surface area (Å²) in [5.74, 6) is 0.792. The van der Waals surface area contributed by atoms with Crippen molar-refractivity contribution in [3.8, 4) is 0 Å². The van der Waals surface area contributed by atoms with Gasteiger partial charge in [0.25, 0.3) is 0 Å². The topological polar surface area (TPSA) is 58.4 Å². The first-order chi connectivity index (χ1) is 10.2. The van der Waals surface area contributed by atoms with E-state index in [1.54, 1.807) is 0 Å². The number of fused-ring (bicyclic) bond motifs is 1. The number of hydrogen-bond donors (Lipinski definition) is 2. The third-order valence-corrected chi connectivity index (χ3v) is 4.94. The Kier molecular flexibility index (Phi) is 4.15. The quantitative estimate of drug-likeness (QED) is 0.896. The Morgan fingerprint density at radius 2 is 2.19 bits per heavy atom. The van der Waals surface area contributed by atoms with Crippen LogP contribution in [0.3, 0.4) is 0 Å². The number of para-hydroxylation sites is 1. The number of benzene rings is 1. The van der Waals surface area contributed by atoms with E-state index in [2.05, 4.69) is 41.4 Å². The summed E-state index contributed by atoms with van der Waals surface area (Å²) < 4.78 is 0. The molecule has 1 amide bonds. The van der Waals surface area contributed by atoms with Gasteiger partial charge in [-0.3, -0.25) is 4.79 Å². The normalized spacial score (nSPS) is 27.0. The Morgan fingerprint density at radius 3 is 3.00 bits per heavy atom. The summed E-state index contributed by atoms with van der Waals surface area (Å²) in [5, 5.41) is 3.15. The van der Waals surface area contributed by atoms with E-state index in [-0.39, 0.29) is 11.9 Å². The van der Waals surface area contributed by atoms with Crippen LogP contribution in [0.5, 0.6) is 0 Å². The Morgan fingerprint density at radius 1 is 1.38 bits per heavy atom. The fourth-order valence-corrected chi connectivity index (χ4v) is 3.64. The molecule has 4 nitrogen and oxygen atoms in total. The Hall–Kier alpha value is -1.55. The van der Waals surface area contributed by atoms with Gasteiger partial charge in [0.05, 0.1) is 0 Å². The first kappa shape index (κ1) is 14.4. The molecule has 3 unspecified atom stereocenters. The second-order valence-electron chi connectivity index (χ2n) is 6.28. The first-order valence-corrected chi connectivity index (χ1v) is 8.08. The van der Waals surface area contributed by atoms with Gasteiger partial charge in [-0.05, 0) is 36.8 Å². The smallest absolute Gasteiger partial charge is 0.220 e.